The van der Waals surface area contributed by atoms with Gasteiger partial charge in [-0.1, -0.05) is 13.8 Å². The van der Waals surface area contributed by atoms with Crippen molar-refractivity contribution < 1.29 is 4.74 Å². The molecule has 3 nitrogen and oxygen atoms in total. The zero-order valence-electron chi connectivity index (χ0n) is 9.75. The molecule has 1 N–H and O–H groups in total. The van der Waals surface area contributed by atoms with Crippen molar-refractivity contribution in [2.45, 2.75) is 39.3 Å². The Balaban J connectivity index is 2.41. The molecule has 0 radical (unpaired) electrons. The van der Waals surface area contributed by atoms with Gasteiger partial charge in [-0.05, 0) is 19.9 Å². The zero-order valence-corrected chi connectivity index (χ0v) is 9.75. The minimum absolute atomic E-state index is 0.568. The minimum Gasteiger partial charge on any atom is -0.378 e. The lowest BCUT2D eigenvalue weighted by Gasteiger charge is -2.39. The molecule has 0 aromatic heterocycles. The first kappa shape index (κ1) is 12.0. The van der Waals surface area contributed by atoms with Crippen molar-refractivity contribution in [3.8, 4) is 0 Å². The Labute approximate surface area is 87.8 Å². The van der Waals surface area contributed by atoms with Gasteiger partial charge in [0.05, 0.1) is 13.2 Å². The Hall–Kier alpha value is -0.120. The molecule has 1 saturated heterocycles. The molecule has 2 atom stereocenters. The SMILES string of the molecule is CCNCC1COCCN1C(C)CC. The van der Waals surface area contributed by atoms with Crippen LogP contribution >= 0.6 is 0 Å². The highest BCUT2D eigenvalue weighted by Crippen LogP contribution is 2.12. The van der Waals surface area contributed by atoms with Crippen molar-refractivity contribution in [1.29, 1.82) is 0 Å². The van der Waals surface area contributed by atoms with Crippen LogP contribution < -0.4 is 5.32 Å². The number of hydrogen-bond acceptors (Lipinski definition) is 3. The number of hydrogen-bond donors (Lipinski definition) is 1. The third kappa shape index (κ3) is 3.23. The van der Waals surface area contributed by atoms with E-state index in [0.717, 1.165) is 32.8 Å². The van der Waals surface area contributed by atoms with Crippen LogP contribution in [0.2, 0.25) is 0 Å². The summed E-state index contributed by atoms with van der Waals surface area (Å²) in [6.45, 7) is 11.7. The smallest absolute Gasteiger partial charge is 0.0634 e. The molecular formula is C11H24N2O. The van der Waals surface area contributed by atoms with E-state index in [4.69, 9.17) is 4.74 Å². The van der Waals surface area contributed by atoms with Gasteiger partial charge in [-0.25, -0.2) is 0 Å². The highest BCUT2D eigenvalue weighted by Gasteiger charge is 2.25. The van der Waals surface area contributed by atoms with Gasteiger partial charge in [-0.15, -0.1) is 0 Å². The van der Waals surface area contributed by atoms with Crippen molar-refractivity contribution in [3.63, 3.8) is 0 Å². The lowest BCUT2D eigenvalue weighted by Crippen LogP contribution is -2.53. The van der Waals surface area contributed by atoms with Gasteiger partial charge in [-0.3, -0.25) is 4.90 Å². The van der Waals surface area contributed by atoms with E-state index in [1.807, 2.05) is 0 Å². The summed E-state index contributed by atoms with van der Waals surface area (Å²) in [6, 6.07) is 1.25. The van der Waals surface area contributed by atoms with Crippen LogP contribution in [0.4, 0.5) is 0 Å². The maximum Gasteiger partial charge on any atom is 0.0634 e. The maximum absolute atomic E-state index is 5.52. The van der Waals surface area contributed by atoms with Crippen LogP contribution in [0.3, 0.4) is 0 Å². The van der Waals surface area contributed by atoms with Gasteiger partial charge < -0.3 is 10.1 Å². The van der Waals surface area contributed by atoms with E-state index in [1.54, 1.807) is 0 Å². The minimum atomic E-state index is 0.568. The molecule has 0 amide bonds. The number of ether oxygens (including phenoxy) is 1. The quantitative estimate of drug-likeness (QED) is 0.719. The van der Waals surface area contributed by atoms with Gasteiger partial charge in [0.2, 0.25) is 0 Å². The molecule has 2 unspecified atom stereocenters. The van der Waals surface area contributed by atoms with Gasteiger partial charge >= 0.3 is 0 Å². The molecule has 0 aromatic rings. The second-order valence-electron chi connectivity index (χ2n) is 4.03. The van der Waals surface area contributed by atoms with E-state index in [2.05, 4.69) is 31.0 Å². The molecule has 1 heterocycles. The molecule has 1 aliphatic rings. The molecule has 0 bridgehead atoms. The van der Waals surface area contributed by atoms with Gasteiger partial charge in [0.1, 0.15) is 0 Å². The van der Waals surface area contributed by atoms with E-state index >= 15 is 0 Å². The lowest BCUT2D eigenvalue weighted by atomic mass is 10.1. The first-order valence-corrected chi connectivity index (χ1v) is 5.83. The molecule has 14 heavy (non-hydrogen) atoms. The predicted octanol–water partition coefficient (Wildman–Crippen LogP) is 1.10. The fourth-order valence-electron chi connectivity index (χ4n) is 1.97. The van der Waals surface area contributed by atoms with Crippen LogP contribution in [-0.2, 0) is 4.74 Å². The van der Waals surface area contributed by atoms with Crippen LogP contribution in [0.1, 0.15) is 27.2 Å². The molecule has 0 aliphatic carbocycles. The second-order valence-corrected chi connectivity index (χ2v) is 4.03. The maximum atomic E-state index is 5.52. The number of likely N-dealkylation sites (N-methyl/N-ethyl adjacent to an activating group) is 1. The molecule has 1 fully saturated rings. The summed E-state index contributed by atoms with van der Waals surface area (Å²) in [4.78, 5) is 2.58. The molecule has 1 aliphatic heterocycles. The second kappa shape index (κ2) is 6.38. The molecule has 84 valence electrons. The summed E-state index contributed by atoms with van der Waals surface area (Å²) in [5, 5.41) is 3.41. The normalized spacial score (nSPS) is 26.4. The summed E-state index contributed by atoms with van der Waals surface area (Å²) in [6.07, 6.45) is 1.22. The number of nitrogens with zero attached hydrogens (tertiary/aromatic N) is 1. The standard InChI is InChI=1S/C11H24N2O/c1-4-10(3)13-6-7-14-9-11(13)8-12-5-2/h10-12H,4-9H2,1-3H3. The molecule has 0 saturated carbocycles. The summed E-state index contributed by atoms with van der Waals surface area (Å²) in [5.41, 5.74) is 0. The van der Waals surface area contributed by atoms with E-state index in [9.17, 15) is 0 Å². The molecule has 0 spiro atoms. The summed E-state index contributed by atoms with van der Waals surface area (Å²) >= 11 is 0. The predicted molar refractivity (Wildman–Crippen MR) is 59.6 cm³/mol. The fraction of sp³-hybridized carbons (Fsp3) is 1.00. The Morgan fingerprint density at radius 1 is 1.50 bits per heavy atom. The van der Waals surface area contributed by atoms with Crippen LogP contribution in [0.5, 0.6) is 0 Å². The Kier molecular flexibility index (Phi) is 5.45. The zero-order chi connectivity index (χ0) is 10.4. The average Bonchev–Trinajstić information content (AvgIpc) is 2.25. The molecule has 3 heteroatoms. The van der Waals surface area contributed by atoms with Crippen molar-refractivity contribution >= 4 is 0 Å². The fourth-order valence-corrected chi connectivity index (χ4v) is 1.97. The largest absolute Gasteiger partial charge is 0.378 e. The van der Waals surface area contributed by atoms with Crippen molar-refractivity contribution in [3.05, 3.63) is 0 Å². The summed E-state index contributed by atoms with van der Waals surface area (Å²) < 4.78 is 5.52. The van der Waals surface area contributed by atoms with Gasteiger partial charge in [0.15, 0.2) is 0 Å². The monoisotopic (exact) mass is 200 g/mol. The Bertz CT molecular complexity index is 152. The van der Waals surface area contributed by atoms with Crippen molar-refractivity contribution in [2.24, 2.45) is 0 Å². The number of rotatable bonds is 5. The van der Waals surface area contributed by atoms with Crippen LogP contribution in [0, 0.1) is 0 Å². The first-order valence-electron chi connectivity index (χ1n) is 5.83. The van der Waals surface area contributed by atoms with Crippen LogP contribution in [0.25, 0.3) is 0 Å². The van der Waals surface area contributed by atoms with E-state index in [-0.39, 0.29) is 0 Å². The molecule has 0 aromatic carbocycles. The highest BCUT2D eigenvalue weighted by atomic mass is 16.5. The van der Waals surface area contributed by atoms with Gasteiger partial charge in [0.25, 0.3) is 0 Å². The van der Waals surface area contributed by atoms with Crippen molar-refractivity contribution in [2.75, 3.05) is 32.8 Å². The van der Waals surface area contributed by atoms with Gasteiger partial charge in [-0.2, -0.15) is 0 Å². The van der Waals surface area contributed by atoms with Crippen molar-refractivity contribution in [1.82, 2.24) is 10.2 Å². The molecular weight excluding hydrogens is 176 g/mol. The Morgan fingerprint density at radius 2 is 2.29 bits per heavy atom. The summed E-state index contributed by atoms with van der Waals surface area (Å²) in [7, 11) is 0. The van der Waals surface area contributed by atoms with Crippen LogP contribution in [0.15, 0.2) is 0 Å². The number of nitrogens with one attached hydrogen (secondary N) is 1. The van der Waals surface area contributed by atoms with Crippen LogP contribution in [-0.4, -0.2) is 49.8 Å². The summed E-state index contributed by atoms with van der Waals surface area (Å²) in [5.74, 6) is 0. The highest BCUT2D eigenvalue weighted by molar-refractivity contribution is 4.80. The van der Waals surface area contributed by atoms with E-state index < -0.39 is 0 Å². The molecule has 1 rings (SSSR count). The lowest BCUT2D eigenvalue weighted by molar-refractivity contribution is -0.0251. The third-order valence-electron chi connectivity index (χ3n) is 3.06. The third-order valence-corrected chi connectivity index (χ3v) is 3.06. The number of morpholine rings is 1. The first-order chi connectivity index (χ1) is 6.79. The average molecular weight is 200 g/mol. The Morgan fingerprint density at radius 3 is 2.93 bits per heavy atom. The van der Waals surface area contributed by atoms with E-state index in [0.29, 0.717) is 12.1 Å². The van der Waals surface area contributed by atoms with E-state index in [1.165, 1.54) is 6.42 Å². The van der Waals surface area contributed by atoms with Gasteiger partial charge in [0, 0.05) is 25.2 Å². The topological polar surface area (TPSA) is 24.5 Å².